The van der Waals surface area contributed by atoms with Crippen molar-refractivity contribution in [3.8, 4) is 22.9 Å². The van der Waals surface area contributed by atoms with Crippen LogP contribution in [0.4, 0.5) is 11.5 Å². The van der Waals surface area contributed by atoms with Crippen LogP contribution in [0.2, 0.25) is 0 Å². The second-order valence-electron chi connectivity index (χ2n) is 8.80. The van der Waals surface area contributed by atoms with Crippen molar-refractivity contribution < 1.29 is 18.8 Å². The number of rotatable bonds is 5. The maximum atomic E-state index is 13.0. The Morgan fingerprint density at radius 3 is 2.88 bits per heavy atom. The van der Waals surface area contributed by atoms with E-state index < -0.39 is 0 Å². The van der Waals surface area contributed by atoms with E-state index in [0.29, 0.717) is 41.4 Å². The average molecular weight is 447 g/mol. The number of aromatic nitrogens is 3. The molecule has 6 rings (SSSR count). The van der Waals surface area contributed by atoms with Crippen LogP contribution >= 0.6 is 0 Å². The van der Waals surface area contributed by atoms with Crippen LogP contribution in [0.15, 0.2) is 41.1 Å². The van der Waals surface area contributed by atoms with Crippen LogP contribution < -0.4 is 19.7 Å². The SMILES string of the molecule is O=C(Nc1ccc2c(c1)OCO2)C1CCCN(c2ncccc2-c2noc(C3CCC3)n2)C1. The molecule has 1 saturated heterocycles. The van der Waals surface area contributed by atoms with E-state index in [4.69, 9.17) is 14.0 Å². The molecule has 9 heteroatoms. The summed E-state index contributed by atoms with van der Waals surface area (Å²) in [5, 5.41) is 7.26. The molecule has 0 radical (unpaired) electrons. The van der Waals surface area contributed by atoms with E-state index in [1.165, 1.54) is 6.42 Å². The Morgan fingerprint density at radius 2 is 2.00 bits per heavy atom. The van der Waals surface area contributed by atoms with Crippen LogP contribution in [-0.2, 0) is 4.79 Å². The zero-order valence-corrected chi connectivity index (χ0v) is 18.2. The Hall–Kier alpha value is -3.62. The Labute approximate surface area is 191 Å². The van der Waals surface area contributed by atoms with Crippen LogP contribution in [0, 0.1) is 5.92 Å². The summed E-state index contributed by atoms with van der Waals surface area (Å²) in [6.07, 6.45) is 6.91. The fourth-order valence-electron chi connectivity index (χ4n) is 4.59. The molecule has 4 heterocycles. The van der Waals surface area contributed by atoms with Gasteiger partial charge in [-0.15, -0.1) is 0 Å². The highest BCUT2D eigenvalue weighted by Gasteiger charge is 2.30. The number of carbonyl (C=O) groups excluding carboxylic acids is 1. The summed E-state index contributed by atoms with van der Waals surface area (Å²) in [7, 11) is 0. The summed E-state index contributed by atoms with van der Waals surface area (Å²) in [6.45, 7) is 1.61. The summed E-state index contributed by atoms with van der Waals surface area (Å²) in [5.41, 5.74) is 1.54. The molecule has 1 aromatic carbocycles. The molecule has 3 aromatic rings. The van der Waals surface area contributed by atoms with Crippen LogP contribution in [0.1, 0.15) is 43.9 Å². The molecule has 2 aliphatic heterocycles. The molecule has 170 valence electrons. The molecule has 2 fully saturated rings. The van der Waals surface area contributed by atoms with Gasteiger partial charge in [0.2, 0.25) is 24.4 Å². The number of nitrogens with one attached hydrogen (secondary N) is 1. The first-order valence-corrected chi connectivity index (χ1v) is 11.5. The number of carbonyl (C=O) groups is 1. The summed E-state index contributed by atoms with van der Waals surface area (Å²) < 4.78 is 16.3. The van der Waals surface area contributed by atoms with Gasteiger partial charge in [0.15, 0.2) is 11.5 Å². The van der Waals surface area contributed by atoms with Gasteiger partial charge in [-0.05, 0) is 49.9 Å². The number of fused-ring (bicyclic) bond motifs is 1. The molecule has 9 nitrogen and oxygen atoms in total. The molecule has 1 aliphatic carbocycles. The number of nitrogens with zero attached hydrogens (tertiary/aromatic N) is 4. The normalized spacial score (nSPS) is 19.9. The van der Waals surface area contributed by atoms with Crippen molar-refractivity contribution in [1.82, 2.24) is 15.1 Å². The van der Waals surface area contributed by atoms with Crippen molar-refractivity contribution in [3.05, 3.63) is 42.4 Å². The zero-order valence-electron chi connectivity index (χ0n) is 18.2. The van der Waals surface area contributed by atoms with E-state index in [0.717, 1.165) is 43.6 Å². The number of benzene rings is 1. The molecule has 1 atom stereocenters. The third kappa shape index (κ3) is 3.88. The topological polar surface area (TPSA) is 103 Å². The Morgan fingerprint density at radius 1 is 1.09 bits per heavy atom. The fraction of sp³-hybridized carbons (Fsp3) is 0.417. The van der Waals surface area contributed by atoms with Gasteiger partial charge < -0.3 is 24.2 Å². The number of amides is 1. The van der Waals surface area contributed by atoms with E-state index in [1.807, 2.05) is 24.3 Å². The van der Waals surface area contributed by atoms with Crippen molar-refractivity contribution in [2.24, 2.45) is 5.92 Å². The largest absolute Gasteiger partial charge is 0.454 e. The van der Waals surface area contributed by atoms with Gasteiger partial charge in [0, 0.05) is 37.0 Å². The number of piperidine rings is 1. The summed E-state index contributed by atoms with van der Waals surface area (Å²) >= 11 is 0. The Bertz CT molecular complexity index is 1180. The monoisotopic (exact) mass is 447 g/mol. The second kappa shape index (κ2) is 8.38. The summed E-state index contributed by atoms with van der Waals surface area (Å²) in [4.78, 5) is 24.5. The first-order valence-electron chi connectivity index (χ1n) is 11.5. The highest BCUT2D eigenvalue weighted by molar-refractivity contribution is 5.93. The van der Waals surface area contributed by atoms with Gasteiger partial charge in [-0.2, -0.15) is 4.98 Å². The van der Waals surface area contributed by atoms with Crippen molar-refractivity contribution in [1.29, 1.82) is 0 Å². The molecule has 0 spiro atoms. The highest BCUT2D eigenvalue weighted by Crippen LogP contribution is 2.38. The molecule has 3 aliphatic rings. The Kier molecular flexibility index (Phi) is 5.09. The number of ether oxygens (including phenoxy) is 2. The molecule has 2 aromatic heterocycles. The summed E-state index contributed by atoms with van der Waals surface area (Å²) in [6, 6.07) is 9.29. The van der Waals surface area contributed by atoms with Crippen LogP contribution in [-0.4, -0.2) is 40.9 Å². The predicted octanol–water partition coefficient (Wildman–Crippen LogP) is 3.98. The zero-order chi connectivity index (χ0) is 22.2. The molecule has 1 unspecified atom stereocenters. The maximum Gasteiger partial charge on any atom is 0.231 e. The van der Waals surface area contributed by atoms with Gasteiger partial charge in [-0.25, -0.2) is 4.98 Å². The predicted molar refractivity (Wildman–Crippen MR) is 120 cm³/mol. The molecule has 1 amide bonds. The van der Waals surface area contributed by atoms with Gasteiger partial charge >= 0.3 is 0 Å². The van der Waals surface area contributed by atoms with Gasteiger partial charge in [0.05, 0.1) is 11.5 Å². The molecule has 1 saturated carbocycles. The quantitative estimate of drug-likeness (QED) is 0.627. The van der Waals surface area contributed by atoms with Crippen LogP contribution in [0.25, 0.3) is 11.4 Å². The lowest BCUT2D eigenvalue weighted by Crippen LogP contribution is -2.41. The lowest BCUT2D eigenvalue weighted by molar-refractivity contribution is -0.120. The maximum absolute atomic E-state index is 13.0. The minimum absolute atomic E-state index is 0.0112. The highest BCUT2D eigenvalue weighted by atomic mass is 16.7. The average Bonchev–Trinajstić information content (AvgIpc) is 3.47. The van der Waals surface area contributed by atoms with Crippen molar-refractivity contribution in [3.63, 3.8) is 0 Å². The molecular weight excluding hydrogens is 422 g/mol. The van der Waals surface area contributed by atoms with Crippen molar-refractivity contribution in [2.45, 2.75) is 38.0 Å². The summed E-state index contributed by atoms with van der Waals surface area (Å²) in [5.74, 6) is 3.62. The molecule has 33 heavy (non-hydrogen) atoms. The minimum Gasteiger partial charge on any atom is -0.454 e. The van der Waals surface area contributed by atoms with Crippen LogP contribution in [0.3, 0.4) is 0 Å². The van der Waals surface area contributed by atoms with Crippen molar-refractivity contribution in [2.75, 3.05) is 30.1 Å². The van der Waals surface area contributed by atoms with Gasteiger partial charge in [-0.3, -0.25) is 4.79 Å². The van der Waals surface area contributed by atoms with Gasteiger partial charge in [-0.1, -0.05) is 11.6 Å². The second-order valence-corrected chi connectivity index (χ2v) is 8.80. The lowest BCUT2D eigenvalue weighted by Gasteiger charge is -2.33. The van der Waals surface area contributed by atoms with Gasteiger partial charge in [0.25, 0.3) is 0 Å². The van der Waals surface area contributed by atoms with Crippen molar-refractivity contribution >= 4 is 17.4 Å². The first-order chi connectivity index (χ1) is 16.2. The van der Waals surface area contributed by atoms with Crippen LogP contribution in [0.5, 0.6) is 11.5 Å². The van der Waals surface area contributed by atoms with E-state index in [9.17, 15) is 4.79 Å². The molecule has 0 bridgehead atoms. The number of pyridine rings is 1. The fourth-order valence-corrected chi connectivity index (χ4v) is 4.59. The smallest absolute Gasteiger partial charge is 0.231 e. The first kappa shape index (κ1) is 20.0. The third-order valence-corrected chi connectivity index (χ3v) is 6.66. The molecular formula is C24H25N5O4. The molecule has 1 N–H and O–H groups in total. The lowest BCUT2D eigenvalue weighted by atomic mass is 9.85. The number of hydrogen-bond donors (Lipinski definition) is 1. The minimum atomic E-state index is -0.158. The van der Waals surface area contributed by atoms with E-state index in [2.05, 4.69) is 25.3 Å². The number of hydrogen-bond acceptors (Lipinski definition) is 8. The van der Waals surface area contributed by atoms with E-state index in [1.54, 1.807) is 12.3 Å². The third-order valence-electron chi connectivity index (χ3n) is 6.66. The van der Waals surface area contributed by atoms with E-state index >= 15 is 0 Å². The van der Waals surface area contributed by atoms with E-state index in [-0.39, 0.29) is 18.6 Å². The Balaban J connectivity index is 1.18. The standard InChI is InChI=1S/C24H25N5O4/c30-23(26-17-8-9-19-20(12-17)32-14-31-19)16-6-3-11-29(13-16)22-18(7-2-10-25-22)21-27-24(33-28-21)15-4-1-5-15/h2,7-10,12,15-16H,1,3-6,11,13-14H2,(H,26,30). The number of anilines is 2. The van der Waals surface area contributed by atoms with Gasteiger partial charge in [0.1, 0.15) is 5.82 Å².